The van der Waals surface area contributed by atoms with Gasteiger partial charge in [-0.15, -0.1) is 0 Å². The van der Waals surface area contributed by atoms with Crippen molar-refractivity contribution in [2.45, 2.75) is 39.5 Å². The van der Waals surface area contributed by atoms with Crippen molar-refractivity contribution in [2.75, 3.05) is 0 Å². The average Bonchev–Trinajstić information content (AvgIpc) is 2.79. The fourth-order valence-electron chi connectivity index (χ4n) is 3.57. The minimum Gasteiger partial charge on any atom is -0.0991 e. The number of allylic oxidation sites excluding steroid dienone is 12. The SMILES string of the molecule is C=C/C=C\C1=C2C(=C\CC)/CCCC2C(C=C)=C1/C=C\C. The summed E-state index contributed by atoms with van der Waals surface area (Å²) in [5, 5.41) is 0. The molecule has 0 amide bonds. The molecule has 110 valence electrons. The zero-order chi connectivity index (χ0) is 15.2. The van der Waals surface area contributed by atoms with Crippen LogP contribution in [0.3, 0.4) is 0 Å². The smallest absolute Gasteiger partial charge is 0.0104 e. The van der Waals surface area contributed by atoms with Crippen LogP contribution in [0, 0.1) is 5.92 Å². The first-order valence-corrected chi connectivity index (χ1v) is 8.00. The third kappa shape index (κ3) is 2.95. The van der Waals surface area contributed by atoms with E-state index >= 15 is 0 Å². The van der Waals surface area contributed by atoms with E-state index in [4.69, 9.17) is 0 Å². The fraction of sp³-hybridized carbons (Fsp3) is 0.333. The predicted molar refractivity (Wildman–Crippen MR) is 94.1 cm³/mol. The maximum Gasteiger partial charge on any atom is 0.0104 e. The lowest BCUT2D eigenvalue weighted by molar-refractivity contribution is 0.572. The van der Waals surface area contributed by atoms with Crippen LogP contribution in [-0.2, 0) is 0 Å². The third-order valence-corrected chi connectivity index (χ3v) is 4.30. The molecule has 0 heterocycles. The Labute approximate surface area is 129 Å². The molecule has 0 aromatic carbocycles. The Balaban J connectivity index is 2.64. The Hall–Kier alpha value is -1.82. The molecule has 0 N–H and O–H groups in total. The normalized spacial score (nSPS) is 24.5. The van der Waals surface area contributed by atoms with Gasteiger partial charge in [0.25, 0.3) is 0 Å². The van der Waals surface area contributed by atoms with Crippen molar-refractivity contribution in [3.8, 4) is 0 Å². The minimum atomic E-state index is 0.532. The van der Waals surface area contributed by atoms with Crippen molar-refractivity contribution >= 4 is 0 Å². The topological polar surface area (TPSA) is 0 Å². The second-order valence-corrected chi connectivity index (χ2v) is 5.58. The summed E-state index contributed by atoms with van der Waals surface area (Å²) in [7, 11) is 0. The maximum absolute atomic E-state index is 4.07. The molecular weight excluding hydrogens is 252 g/mol. The summed E-state index contributed by atoms with van der Waals surface area (Å²) in [6.07, 6.45) is 19.8. The van der Waals surface area contributed by atoms with Crippen molar-refractivity contribution in [2.24, 2.45) is 5.92 Å². The molecule has 1 atom stereocenters. The van der Waals surface area contributed by atoms with E-state index in [2.05, 4.69) is 57.4 Å². The lowest BCUT2D eigenvalue weighted by Crippen LogP contribution is -2.12. The Morgan fingerprint density at radius 3 is 2.62 bits per heavy atom. The van der Waals surface area contributed by atoms with Crippen molar-refractivity contribution in [1.82, 2.24) is 0 Å². The van der Waals surface area contributed by atoms with Crippen molar-refractivity contribution < 1.29 is 0 Å². The van der Waals surface area contributed by atoms with Crippen LogP contribution in [-0.4, -0.2) is 0 Å². The number of rotatable bonds is 5. The van der Waals surface area contributed by atoms with E-state index < -0.39 is 0 Å². The first-order chi connectivity index (χ1) is 10.3. The Kier molecular flexibility index (Phi) is 5.38. The van der Waals surface area contributed by atoms with Crippen molar-refractivity contribution in [1.29, 1.82) is 0 Å². The Morgan fingerprint density at radius 2 is 2.00 bits per heavy atom. The molecule has 0 saturated heterocycles. The summed E-state index contributed by atoms with van der Waals surface area (Å²) < 4.78 is 0. The average molecular weight is 278 g/mol. The van der Waals surface area contributed by atoms with E-state index in [1.165, 1.54) is 47.1 Å². The van der Waals surface area contributed by atoms with E-state index in [1.807, 2.05) is 12.2 Å². The summed E-state index contributed by atoms with van der Waals surface area (Å²) in [5.74, 6) is 0.532. The van der Waals surface area contributed by atoms with Gasteiger partial charge in [-0.1, -0.05) is 62.6 Å². The van der Waals surface area contributed by atoms with Gasteiger partial charge in [-0.3, -0.25) is 0 Å². The zero-order valence-electron chi connectivity index (χ0n) is 13.4. The minimum absolute atomic E-state index is 0.532. The molecule has 2 rings (SSSR count). The molecule has 0 bridgehead atoms. The molecule has 21 heavy (non-hydrogen) atoms. The van der Waals surface area contributed by atoms with E-state index in [-0.39, 0.29) is 0 Å². The van der Waals surface area contributed by atoms with Crippen LogP contribution in [0.25, 0.3) is 0 Å². The van der Waals surface area contributed by atoms with Gasteiger partial charge in [0.15, 0.2) is 0 Å². The van der Waals surface area contributed by atoms with Gasteiger partial charge in [0.1, 0.15) is 0 Å². The van der Waals surface area contributed by atoms with E-state index in [0.29, 0.717) is 5.92 Å². The molecule has 0 radical (unpaired) electrons. The highest BCUT2D eigenvalue weighted by molar-refractivity contribution is 5.67. The van der Waals surface area contributed by atoms with Gasteiger partial charge in [0, 0.05) is 5.92 Å². The quantitative estimate of drug-likeness (QED) is 0.523. The fourth-order valence-corrected chi connectivity index (χ4v) is 3.57. The van der Waals surface area contributed by atoms with Gasteiger partial charge in [-0.05, 0) is 60.5 Å². The van der Waals surface area contributed by atoms with Crippen LogP contribution < -0.4 is 0 Å². The molecule has 1 fully saturated rings. The van der Waals surface area contributed by atoms with Crippen LogP contribution in [0.15, 0.2) is 83.6 Å². The summed E-state index contributed by atoms with van der Waals surface area (Å²) in [5.41, 5.74) is 7.18. The molecule has 0 aliphatic heterocycles. The lowest BCUT2D eigenvalue weighted by Gasteiger charge is -2.26. The molecule has 1 unspecified atom stereocenters. The highest BCUT2D eigenvalue weighted by Gasteiger charge is 2.33. The summed E-state index contributed by atoms with van der Waals surface area (Å²) in [6, 6.07) is 0. The second kappa shape index (κ2) is 7.26. The van der Waals surface area contributed by atoms with E-state index in [0.717, 1.165) is 6.42 Å². The maximum atomic E-state index is 4.07. The van der Waals surface area contributed by atoms with Gasteiger partial charge < -0.3 is 0 Å². The highest BCUT2D eigenvalue weighted by Crippen LogP contribution is 2.49. The van der Waals surface area contributed by atoms with Gasteiger partial charge >= 0.3 is 0 Å². The van der Waals surface area contributed by atoms with Crippen LogP contribution in [0.4, 0.5) is 0 Å². The van der Waals surface area contributed by atoms with Gasteiger partial charge in [0.2, 0.25) is 0 Å². The number of hydrogen-bond donors (Lipinski definition) is 0. The summed E-state index contributed by atoms with van der Waals surface area (Å²) in [4.78, 5) is 0. The van der Waals surface area contributed by atoms with Crippen molar-refractivity contribution in [3.05, 3.63) is 83.6 Å². The number of hydrogen-bond acceptors (Lipinski definition) is 0. The largest absolute Gasteiger partial charge is 0.0991 e. The van der Waals surface area contributed by atoms with E-state index in [9.17, 15) is 0 Å². The molecular formula is C21H26. The first kappa shape index (κ1) is 15.6. The standard InChI is InChI=1S/C21H26/c1-5-9-14-20-18(12-7-3)17(8-4)19-15-10-13-16(11-6-2)21(19)20/h5,7-9,11-12,14,19H,1,4,6,10,13,15H2,2-3H3/b12-7-,14-9-,16-11-. The molecule has 2 aliphatic carbocycles. The van der Waals surface area contributed by atoms with E-state index in [1.54, 1.807) is 0 Å². The molecule has 0 aromatic heterocycles. The zero-order valence-corrected chi connectivity index (χ0v) is 13.4. The molecule has 0 spiro atoms. The predicted octanol–water partition coefficient (Wildman–Crippen LogP) is 6.23. The molecule has 1 saturated carbocycles. The van der Waals surface area contributed by atoms with Crippen LogP contribution in [0.1, 0.15) is 39.5 Å². The van der Waals surface area contributed by atoms with Crippen LogP contribution in [0.2, 0.25) is 0 Å². The van der Waals surface area contributed by atoms with Gasteiger partial charge in [-0.2, -0.15) is 0 Å². The monoisotopic (exact) mass is 278 g/mol. The Bertz CT molecular complexity index is 573. The molecule has 0 aromatic rings. The first-order valence-electron chi connectivity index (χ1n) is 8.00. The number of fused-ring (bicyclic) bond motifs is 1. The third-order valence-electron chi connectivity index (χ3n) is 4.30. The molecule has 0 heteroatoms. The van der Waals surface area contributed by atoms with Gasteiger partial charge in [0.05, 0.1) is 0 Å². The Morgan fingerprint density at radius 1 is 1.19 bits per heavy atom. The highest BCUT2D eigenvalue weighted by atomic mass is 14.4. The van der Waals surface area contributed by atoms with Crippen LogP contribution in [0.5, 0.6) is 0 Å². The van der Waals surface area contributed by atoms with Crippen molar-refractivity contribution in [3.63, 3.8) is 0 Å². The summed E-state index contributed by atoms with van der Waals surface area (Å²) in [6.45, 7) is 12.2. The second-order valence-electron chi connectivity index (χ2n) is 5.58. The molecule has 0 nitrogen and oxygen atoms in total. The lowest BCUT2D eigenvalue weighted by atomic mass is 9.78. The van der Waals surface area contributed by atoms with Gasteiger partial charge in [-0.25, -0.2) is 0 Å². The molecule has 2 aliphatic rings. The summed E-state index contributed by atoms with van der Waals surface area (Å²) >= 11 is 0. The van der Waals surface area contributed by atoms with Crippen LogP contribution >= 0.6 is 0 Å².